The van der Waals surface area contributed by atoms with E-state index >= 15 is 0 Å². The highest BCUT2D eigenvalue weighted by molar-refractivity contribution is 5.33. The number of hydrogen-bond acceptors (Lipinski definition) is 6. The maximum Gasteiger partial charge on any atom is 0.234 e. The minimum atomic E-state index is 0.583. The zero-order valence-electron chi connectivity index (χ0n) is 11.4. The summed E-state index contributed by atoms with van der Waals surface area (Å²) >= 11 is 0. The van der Waals surface area contributed by atoms with Gasteiger partial charge in [-0.1, -0.05) is 0 Å². The molecule has 4 heterocycles. The summed E-state index contributed by atoms with van der Waals surface area (Å²) in [6.45, 7) is 9.46. The summed E-state index contributed by atoms with van der Waals surface area (Å²) in [5.74, 6) is 1.38. The maximum absolute atomic E-state index is 5.36. The second-order valence-corrected chi connectivity index (χ2v) is 5.05. The molecule has 1 aromatic rings. The van der Waals surface area contributed by atoms with Crippen LogP contribution in [0.1, 0.15) is 6.92 Å². The molecule has 3 aliphatic heterocycles. The van der Waals surface area contributed by atoms with E-state index in [9.17, 15) is 0 Å². The Morgan fingerprint density at radius 3 is 2.84 bits per heavy atom. The molecule has 2 bridgehead atoms. The summed E-state index contributed by atoms with van der Waals surface area (Å²) in [7, 11) is 0. The van der Waals surface area contributed by atoms with Crippen LogP contribution in [0.25, 0.3) is 0 Å². The lowest BCUT2D eigenvalue weighted by atomic mass is 10.1. The average molecular weight is 263 g/mol. The van der Waals surface area contributed by atoms with Crippen molar-refractivity contribution < 1.29 is 4.74 Å². The number of nitrogens with one attached hydrogen (secondary N) is 1. The smallest absolute Gasteiger partial charge is 0.234 e. The number of ether oxygens (including phenoxy) is 1. The van der Waals surface area contributed by atoms with Crippen LogP contribution in [-0.4, -0.2) is 71.7 Å². The van der Waals surface area contributed by atoms with E-state index in [1.807, 2.05) is 6.92 Å². The lowest BCUT2D eigenvalue weighted by Crippen LogP contribution is -2.62. The Bertz CT molecular complexity index is 419. The van der Waals surface area contributed by atoms with E-state index in [0.29, 0.717) is 18.5 Å². The monoisotopic (exact) mass is 263 g/mol. The topological polar surface area (TPSA) is 53.5 Å². The number of piperazine rings is 3. The number of nitrogens with zero attached hydrogens (tertiary/aromatic N) is 4. The summed E-state index contributed by atoms with van der Waals surface area (Å²) in [5, 5.41) is 3.38. The second-order valence-electron chi connectivity index (χ2n) is 5.05. The third-order valence-electron chi connectivity index (χ3n) is 3.82. The molecule has 0 amide bonds. The summed E-state index contributed by atoms with van der Waals surface area (Å²) in [4.78, 5) is 13.6. The largest absolute Gasteiger partial charge is 0.477 e. The maximum atomic E-state index is 5.36. The molecule has 3 aliphatic rings. The van der Waals surface area contributed by atoms with Gasteiger partial charge in [-0.05, 0) is 6.92 Å². The molecule has 104 valence electrons. The molecule has 1 N–H and O–H groups in total. The molecule has 0 aliphatic carbocycles. The zero-order valence-corrected chi connectivity index (χ0v) is 11.4. The Labute approximate surface area is 113 Å². The Morgan fingerprint density at radius 2 is 2.16 bits per heavy atom. The highest BCUT2D eigenvalue weighted by Crippen LogP contribution is 2.16. The van der Waals surface area contributed by atoms with Crippen molar-refractivity contribution in [2.24, 2.45) is 0 Å². The van der Waals surface area contributed by atoms with Gasteiger partial charge in [-0.15, -0.1) is 0 Å². The van der Waals surface area contributed by atoms with Crippen molar-refractivity contribution >= 4 is 5.82 Å². The van der Waals surface area contributed by atoms with Gasteiger partial charge in [-0.3, -0.25) is 14.8 Å². The van der Waals surface area contributed by atoms with Crippen LogP contribution in [0.3, 0.4) is 0 Å². The summed E-state index contributed by atoms with van der Waals surface area (Å²) in [6.07, 6.45) is 3.39. The number of anilines is 1. The van der Waals surface area contributed by atoms with E-state index in [2.05, 4.69) is 25.1 Å². The standard InChI is InChI=1S/C13H21N5O/c1-2-19-13-9-14-8-12(16-13)15-7-11-10-17-3-5-18(11)6-4-17/h8-9,11H,2-7,10H2,1H3,(H,15,16). The van der Waals surface area contributed by atoms with Crippen molar-refractivity contribution in [3.05, 3.63) is 12.4 Å². The van der Waals surface area contributed by atoms with Gasteiger partial charge in [0.05, 0.1) is 19.0 Å². The molecular weight excluding hydrogens is 242 g/mol. The quantitative estimate of drug-likeness (QED) is 0.824. The van der Waals surface area contributed by atoms with E-state index in [4.69, 9.17) is 4.74 Å². The molecule has 6 nitrogen and oxygen atoms in total. The normalized spacial score (nSPS) is 29.2. The van der Waals surface area contributed by atoms with E-state index in [1.165, 1.54) is 26.2 Å². The first-order valence-corrected chi connectivity index (χ1v) is 7.00. The first-order chi connectivity index (χ1) is 9.35. The first-order valence-electron chi connectivity index (χ1n) is 7.00. The van der Waals surface area contributed by atoms with Crippen molar-refractivity contribution in [2.75, 3.05) is 51.2 Å². The van der Waals surface area contributed by atoms with Crippen LogP contribution in [0, 0.1) is 0 Å². The number of fused-ring (bicyclic) bond motifs is 3. The molecule has 1 atom stereocenters. The summed E-state index contributed by atoms with van der Waals surface area (Å²) < 4.78 is 5.36. The zero-order chi connectivity index (χ0) is 13.1. The van der Waals surface area contributed by atoms with Gasteiger partial charge >= 0.3 is 0 Å². The van der Waals surface area contributed by atoms with Crippen LogP contribution in [0.15, 0.2) is 12.4 Å². The predicted molar refractivity (Wildman–Crippen MR) is 73.5 cm³/mol. The molecule has 4 rings (SSSR count). The van der Waals surface area contributed by atoms with Crippen molar-refractivity contribution in [1.29, 1.82) is 0 Å². The fourth-order valence-corrected chi connectivity index (χ4v) is 2.79. The van der Waals surface area contributed by atoms with E-state index < -0.39 is 0 Å². The molecule has 0 saturated carbocycles. The Hall–Kier alpha value is -1.40. The fraction of sp³-hybridized carbons (Fsp3) is 0.692. The van der Waals surface area contributed by atoms with E-state index in [1.54, 1.807) is 12.4 Å². The van der Waals surface area contributed by atoms with Gasteiger partial charge in [-0.2, -0.15) is 4.98 Å². The highest BCUT2D eigenvalue weighted by atomic mass is 16.5. The van der Waals surface area contributed by atoms with Crippen molar-refractivity contribution in [3.63, 3.8) is 0 Å². The molecule has 0 aromatic carbocycles. The second kappa shape index (κ2) is 5.71. The van der Waals surface area contributed by atoms with Crippen LogP contribution >= 0.6 is 0 Å². The highest BCUT2D eigenvalue weighted by Gasteiger charge is 2.31. The SMILES string of the molecule is CCOc1cncc(NCC2CN3CCN2CC3)n1. The molecule has 3 fully saturated rings. The lowest BCUT2D eigenvalue weighted by molar-refractivity contribution is 0.0189. The lowest BCUT2D eigenvalue weighted by Gasteiger charge is -2.47. The first kappa shape index (κ1) is 12.6. The molecule has 0 radical (unpaired) electrons. The van der Waals surface area contributed by atoms with Gasteiger partial charge in [0, 0.05) is 45.3 Å². The Morgan fingerprint density at radius 1 is 1.32 bits per heavy atom. The predicted octanol–water partition coefficient (Wildman–Crippen LogP) is 0.287. The van der Waals surface area contributed by atoms with Gasteiger partial charge in [0.1, 0.15) is 5.82 Å². The number of aromatic nitrogens is 2. The van der Waals surface area contributed by atoms with E-state index in [-0.39, 0.29) is 0 Å². The Balaban J connectivity index is 1.55. The summed E-state index contributed by atoms with van der Waals surface area (Å²) in [5.41, 5.74) is 0. The number of hydrogen-bond donors (Lipinski definition) is 1. The average Bonchev–Trinajstić information content (AvgIpc) is 2.47. The molecule has 6 heteroatoms. The third-order valence-corrected chi connectivity index (χ3v) is 3.82. The third kappa shape index (κ3) is 2.96. The Kier molecular flexibility index (Phi) is 3.79. The molecule has 0 spiro atoms. The van der Waals surface area contributed by atoms with Crippen LogP contribution < -0.4 is 10.1 Å². The molecule has 3 saturated heterocycles. The van der Waals surface area contributed by atoms with Crippen LogP contribution in [0.4, 0.5) is 5.82 Å². The fourth-order valence-electron chi connectivity index (χ4n) is 2.79. The van der Waals surface area contributed by atoms with Gasteiger partial charge in [0.15, 0.2) is 0 Å². The molecule has 1 aromatic heterocycles. The molecular formula is C13H21N5O. The van der Waals surface area contributed by atoms with Gasteiger partial charge in [0.2, 0.25) is 5.88 Å². The van der Waals surface area contributed by atoms with Crippen LogP contribution in [0.2, 0.25) is 0 Å². The number of rotatable bonds is 5. The minimum Gasteiger partial charge on any atom is -0.477 e. The minimum absolute atomic E-state index is 0.583. The molecule has 1 unspecified atom stereocenters. The van der Waals surface area contributed by atoms with E-state index in [0.717, 1.165) is 18.9 Å². The van der Waals surface area contributed by atoms with Gasteiger partial charge in [-0.25, -0.2) is 0 Å². The van der Waals surface area contributed by atoms with Crippen molar-refractivity contribution in [2.45, 2.75) is 13.0 Å². The van der Waals surface area contributed by atoms with Crippen molar-refractivity contribution in [3.8, 4) is 5.88 Å². The summed E-state index contributed by atoms with van der Waals surface area (Å²) in [6, 6.07) is 0.583. The van der Waals surface area contributed by atoms with Gasteiger partial charge < -0.3 is 10.1 Å². The van der Waals surface area contributed by atoms with Gasteiger partial charge in [0.25, 0.3) is 0 Å². The van der Waals surface area contributed by atoms with Crippen LogP contribution in [-0.2, 0) is 0 Å². The molecule has 19 heavy (non-hydrogen) atoms. The van der Waals surface area contributed by atoms with Crippen molar-refractivity contribution in [1.82, 2.24) is 19.8 Å². The van der Waals surface area contributed by atoms with Crippen LogP contribution in [0.5, 0.6) is 5.88 Å².